The first-order valence-electron chi connectivity index (χ1n) is 12.3. The van der Waals surface area contributed by atoms with Gasteiger partial charge in [0.1, 0.15) is 18.3 Å². The lowest BCUT2D eigenvalue weighted by Crippen LogP contribution is -2.66. The van der Waals surface area contributed by atoms with E-state index in [1.165, 1.54) is 20.8 Å². The van der Waals surface area contributed by atoms with Crippen LogP contribution in [0.1, 0.15) is 93.9 Å². The molecule has 33 heavy (non-hydrogen) atoms. The summed E-state index contributed by atoms with van der Waals surface area (Å²) in [5.41, 5.74) is -1.17. The van der Waals surface area contributed by atoms with Gasteiger partial charge in [0.15, 0.2) is 6.10 Å². The summed E-state index contributed by atoms with van der Waals surface area (Å²) in [5, 5.41) is 0. The molecule has 0 bridgehead atoms. The van der Waals surface area contributed by atoms with Crippen molar-refractivity contribution in [2.45, 2.75) is 117 Å². The minimum absolute atomic E-state index is 0.0108. The van der Waals surface area contributed by atoms with Gasteiger partial charge in [0.25, 0.3) is 0 Å². The summed E-state index contributed by atoms with van der Waals surface area (Å²) in [7, 11) is 0. The fraction of sp³-hybridized carbons (Fsp3) is 0.885. The molecule has 0 aromatic carbocycles. The maximum atomic E-state index is 11.8. The predicted molar refractivity (Wildman–Crippen MR) is 122 cm³/mol. The number of rotatable bonds is 5. The van der Waals surface area contributed by atoms with Crippen LogP contribution in [-0.4, -0.2) is 47.9 Å². The fourth-order valence-corrected chi connectivity index (χ4v) is 7.62. The van der Waals surface area contributed by atoms with Gasteiger partial charge in [-0.15, -0.1) is 0 Å². The number of fused-ring (bicyclic) bond motifs is 3. The fourth-order valence-electron chi connectivity index (χ4n) is 7.62. The highest BCUT2D eigenvalue weighted by Crippen LogP contribution is 2.66. The van der Waals surface area contributed by atoms with Gasteiger partial charge in [-0.1, -0.05) is 20.8 Å². The van der Waals surface area contributed by atoms with Crippen molar-refractivity contribution in [3.8, 4) is 0 Å². The lowest BCUT2D eigenvalue weighted by Gasteiger charge is -2.66. The Kier molecular flexibility index (Phi) is 6.98. The van der Waals surface area contributed by atoms with E-state index in [0.29, 0.717) is 18.3 Å². The summed E-state index contributed by atoms with van der Waals surface area (Å²) in [4.78, 5) is 35.0. The Labute approximate surface area is 198 Å². The first-order valence-corrected chi connectivity index (χ1v) is 12.3. The molecule has 2 saturated carbocycles. The molecule has 0 aromatic rings. The van der Waals surface area contributed by atoms with E-state index in [4.69, 9.17) is 18.9 Å². The molecule has 0 radical (unpaired) electrons. The Morgan fingerprint density at radius 2 is 1.48 bits per heavy atom. The van der Waals surface area contributed by atoms with Gasteiger partial charge in [0, 0.05) is 26.2 Å². The number of esters is 3. The van der Waals surface area contributed by atoms with Crippen LogP contribution >= 0.6 is 0 Å². The predicted octanol–water partition coefficient (Wildman–Crippen LogP) is 4.59. The van der Waals surface area contributed by atoms with Crippen LogP contribution in [0.5, 0.6) is 0 Å². The molecule has 3 rings (SSSR count). The molecule has 0 amide bonds. The van der Waals surface area contributed by atoms with E-state index >= 15 is 0 Å². The highest BCUT2D eigenvalue weighted by Gasteiger charge is 2.64. The van der Waals surface area contributed by atoms with Gasteiger partial charge in [-0.2, -0.15) is 0 Å². The Morgan fingerprint density at radius 1 is 0.848 bits per heavy atom. The van der Waals surface area contributed by atoms with Crippen LogP contribution in [0.15, 0.2) is 0 Å². The lowest BCUT2D eigenvalue weighted by atomic mass is 9.43. The van der Waals surface area contributed by atoms with E-state index in [2.05, 4.69) is 27.7 Å². The van der Waals surface area contributed by atoms with Crippen LogP contribution in [0, 0.1) is 22.7 Å². The third kappa shape index (κ3) is 4.80. The second kappa shape index (κ2) is 8.86. The summed E-state index contributed by atoms with van der Waals surface area (Å²) >= 11 is 0. The Bertz CT molecular complexity index is 792. The number of hydrogen-bond acceptors (Lipinski definition) is 7. The number of carbonyl (C=O) groups is 3. The highest BCUT2D eigenvalue weighted by molar-refractivity contribution is 5.67. The molecule has 0 unspecified atom stereocenters. The van der Waals surface area contributed by atoms with Crippen molar-refractivity contribution in [3.63, 3.8) is 0 Å². The summed E-state index contributed by atoms with van der Waals surface area (Å²) in [6.07, 6.45) is 4.62. The van der Waals surface area contributed by atoms with Gasteiger partial charge in [0.2, 0.25) is 0 Å². The Hall–Kier alpha value is -1.63. The molecule has 0 spiro atoms. The zero-order valence-corrected chi connectivity index (χ0v) is 21.6. The normalized spacial score (nSPS) is 40.5. The average molecular weight is 467 g/mol. The molecule has 1 aliphatic heterocycles. The Morgan fingerprint density at radius 3 is 2.06 bits per heavy atom. The van der Waals surface area contributed by atoms with Gasteiger partial charge in [-0.05, 0) is 69.6 Å². The first kappa shape index (κ1) is 26.0. The topological polar surface area (TPSA) is 88.1 Å². The Balaban J connectivity index is 1.85. The van der Waals surface area contributed by atoms with Crippen LogP contribution in [-0.2, 0) is 33.3 Å². The van der Waals surface area contributed by atoms with E-state index in [1.54, 1.807) is 0 Å². The molecule has 188 valence electrons. The van der Waals surface area contributed by atoms with Gasteiger partial charge in [-0.25, -0.2) is 0 Å². The van der Waals surface area contributed by atoms with Crippen LogP contribution < -0.4 is 0 Å². The molecule has 0 aromatic heterocycles. The molecule has 7 atom stereocenters. The van der Waals surface area contributed by atoms with Crippen molar-refractivity contribution in [2.24, 2.45) is 22.7 Å². The number of hydrogen-bond donors (Lipinski definition) is 0. The van der Waals surface area contributed by atoms with Crippen molar-refractivity contribution >= 4 is 17.9 Å². The lowest BCUT2D eigenvalue weighted by molar-refractivity contribution is -0.295. The molecule has 3 fully saturated rings. The van der Waals surface area contributed by atoms with Crippen LogP contribution in [0.2, 0.25) is 0 Å². The minimum atomic E-state index is -0.736. The van der Waals surface area contributed by atoms with E-state index < -0.39 is 23.6 Å². The first-order chi connectivity index (χ1) is 15.1. The largest absolute Gasteiger partial charge is 0.462 e. The monoisotopic (exact) mass is 466 g/mol. The van der Waals surface area contributed by atoms with Gasteiger partial charge in [-0.3, -0.25) is 14.4 Å². The molecule has 7 heteroatoms. The minimum Gasteiger partial charge on any atom is -0.462 e. The number of carbonyl (C=O) groups excluding carboxylic acids is 3. The van der Waals surface area contributed by atoms with Crippen molar-refractivity contribution in [1.82, 2.24) is 0 Å². The molecular weight excluding hydrogens is 424 g/mol. The third-order valence-corrected chi connectivity index (χ3v) is 9.06. The summed E-state index contributed by atoms with van der Waals surface area (Å²) in [6.45, 7) is 15.2. The second-order valence-corrected chi connectivity index (χ2v) is 11.8. The van der Waals surface area contributed by atoms with Gasteiger partial charge < -0.3 is 18.9 Å². The van der Waals surface area contributed by atoms with E-state index in [-0.39, 0.29) is 35.1 Å². The van der Waals surface area contributed by atoms with Crippen molar-refractivity contribution in [1.29, 1.82) is 0 Å². The van der Waals surface area contributed by atoms with Crippen LogP contribution in [0.4, 0.5) is 0 Å². The van der Waals surface area contributed by atoms with Crippen molar-refractivity contribution in [2.75, 3.05) is 6.61 Å². The quantitative estimate of drug-likeness (QED) is 0.432. The van der Waals surface area contributed by atoms with Crippen molar-refractivity contribution in [3.05, 3.63) is 0 Å². The molecule has 7 nitrogen and oxygen atoms in total. The average Bonchev–Trinajstić information content (AvgIpc) is 2.66. The van der Waals surface area contributed by atoms with Gasteiger partial charge >= 0.3 is 17.9 Å². The third-order valence-electron chi connectivity index (χ3n) is 9.06. The molecule has 2 aliphatic carbocycles. The number of ether oxygens (including phenoxy) is 4. The van der Waals surface area contributed by atoms with Gasteiger partial charge in [0.05, 0.1) is 5.60 Å². The molecule has 0 N–H and O–H groups in total. The molecular formula is C26H42O7. The summed E-state index contributed by atoms with van der Waals surface area (Å²) < 4.78 is 23.5. The SMILES string of the molecule is CC(=O)OC[C@H](OC(C)=O)[C@@]1(C)CC[C@H]2[C@]3(C)CC[C@@H](OC(C)=O)C(C)(C)[C@H]3CC[C@]2(C)O1. The highest BCUT2D eigenvalue weighted by atomic mass is 16.6. The maximum Gasteiger partial charge on any atom is 0.303 e. The summed E-state index contributed by atoms with van der Waals surface area (Å²) in [5.74, 6) is -0.278. The van der Waals surface area contributed by atoms with E-state index in [1.807, 2.05) is 6.92 Å². The van der Waals surface area contributed by atoms with E-state index in [0.717, 1.165) is 32.1 Å². The molecule has 1 heterocycles. The van der Waals surface area contributed by atoms with E-state index in [9.17, 15) is 14.4 Å². The summed E-state index contributed by atoms with van der Waals surface area (Å²) in [6, 6.07) is 0. The molecule has 1 saturated heterocycles. The zero-order valence-electron chi connectivity index (χ0n) is 21.6. The van der Waals surface area contributed by atoms with Crippen LogP contribution in [0.25, 0.3) is 0 Å². The standard InChI is InChI=1S/C26H42O7/c1-16(27)30-15-22(32-18(3)29)26(8)14-10-20-24(6)12-11-21(31-17(2)28)23(4,5)19(24)9-13-25(20,7)33-26/h19-22H,9-15H2,1-8H3/t19-,20+,21-,22+,24-,25+,26-/m1/s1. The smallest absolute Gasteiger partial charge is 0.303 e. The zero-order chi connectivity index (χ0) is 24.8. The maximum absolute atomic E-state index is 11.8. The molecule has 3 aliphatic rings. The van der Waals surface area contributed by atoms with Crippen LogP contribution in [0.3, 0.4) is 0 Å². The second-order valence-electron chi connectivity index (χ2n) is 11.8. The van der Waals surface area contributed by atoms with Crippen molar-refractivity contribution < 1.29 is 33.3 Å².